The molecule has 0 unspecified atom stereocenters. The third-order valence-corrected chi connectivity index (χ3v) is 3.93. The third-order valence-electron chi connectivity index (χ3n) is 2.72. The number of nitrogens with one attached hydrogen (secondary N) is 1. The van der Waals surface area contributed by atoms with Crippen LogP contribution in [0.25, 0.3) is 0 Å². The molecule has 0 saturated heterocycles. The summed E-state index contributed by atoms with van der Waals surface area (Å²) in [5.74, 6) is -0.297. The predicted octanol–water partition coefficient (Wildman–Crippen LogP) is 4.39. The molecule has 0 spiro atoms. The van der Waals surface area contributed by atoms with Crippen LogP contribution >= 0.6 is 27.5 Å². The van der Waals surface area contributed by atoms with Gasteiger partial charge < -0.3 is 10.4 Å². The second-order valence-electron chi connectivity index (χ2n) is 4.06. The van der Waals surface area contributed by atoms with Gasteiger partial charge in [-0.2, -0.15) is 0 Å². The zero-order chi connectivity index (χ0) is 13.8. The van der Waals surface area contributed by atoms with Crippen molar-refractivity contribution >= 4 is 33.2 Å². The lowest BCUT2D eigenvalue weighted by molar-refractivity contribution is 0.276. The van der Waals surface area contributed by atoms with Crippen LogP contribution in [-0.2, 0) is 0 Å². The van der Waals surface area contributed by atoms with Gasteiger partial charge in [0.05, 0.1) is 17.7 Å². The van der Waals surface area contributed by atoms with Crippen molar-refractivity contribution in [3.8, 4) is 0 Å². The van der Waals surface area contributed by atoms with E-state index in [1.807, 2.05) is 12.1 Å². The average molecular weight is 345 g/mol. The monoisotopic (exact) mass is 343 g/mol. The van der Waals surface area contributed by atoms with E-state index in [1.165, 1.54) is 12.1 Å². The van der Waals surface area contributed by atoms with E-state index in [9.17, 15) is 9.50 Å². The molecule has 0 fully saturated rings. The number of hydrogen-bond donors (Lipinski definition) is 2. The van der Waals surface area contributed by atoms with E-state index in [2.05, 4.69) is 21.2 Å². The molecule has 2 aromatic carbocycles. The van der Waals surface area contributed by atoms with Crippen LogP contribution in [-0.4, -0.2) is 11.7 Å². The number of rotatable bonds is 4. The molecule has 2 nitrogen and oxygen atoms in total. The van der Waals surface area contributed by atoms with Crippen LogP contribution in [0.15, 0.2) is 46.9 Å². The van der Waals surface area contributed by atoms with Crippen LogP contribution in [0.3, 0.4) is 0 Å². The fourth-order valence-corrected chi connectivity index (χ4v) is 2.21. The second kappa shape index (κ2) is 6.37. The molecule has 0 aliphatic heterocycles. The highest BCUT2D eigenvalue weighted by molar-refractivity contribution is 9.10. The van der Waals surface area contributed by atoms with Crippen LogP contribution in [0.4, 0.5) is 10.1 Å². The van der Waals surface area contributed by atoms with Gasteiger partial charge in [0.2, 0.25) is 0 Å². The van der Waals surface area contributed by atoms with E-state index in [0.29, 0.717) is 5.02 Å². The zero-order valence-electron chi connectivity index (χ0n) is 9.91. The molecule has 0 bridgehead atoms. The van der Waals surface area contributed by atoms with Crippen molar-refractivity contribution in [1.82, 2.24) is 0 Å². The lowest BCUT2D eigenvalue weighted by Gasteiger charge is -2.18. The van der Waals surface area contributed by atoms with Gasteiger partial charge in [0.15, 0.2) is 0 Å². The molecule has 19 heavy (non-hydrogen) atoms. The maximum Gasteiger partial charge on any atom is 0.123 e. The molecule has 0 radical (unpaired) electrons. The van der Waals surface area contributed by atoms with Crippen molar-refractivity contribution in [3.05, 3.63) is 63.3 Å². The summed E-state index contributed by atoms with van der Waals surface area (Å²) in [5.41, 5.74) is 1.63. The first-order chi connectivity index (χ1) is 9.10. The summed E-state index contributed by atoms with van der Waals surface area (Å²) in [6, 6.07) is 11.1. The summed E-state index contributed by atoms with van der Waals surface area (Å²) in [6.07, 6.45) is 0. The van der Waals surface area contributed by atoms with Gasteiger partial charge in [-0.05, 0) is 51.8 Å². The first-order valence-corrected chi connectivity index (χ1v) is 6.85. The summed E-state index contributed by atoms with van der Waals surface area (Å²) in [5, 5.41) is 13.2. The molecule has 2 rings (SSSR count). The van der Waals surface area contributed by atoms with Crippen molar-refractivity contribution in [2.45, 2.75) is 6.04 Å². The molecule has 100 valence electrons. The highest BCUT2D eigenvalue weighted by atomic mass is 79.9. The van der Waals surface area contributed by atoms with E-state index in [4.69, 9.17) is 11.6 Å². The number of aliphatic hydroxyl groups excluding tert-OH is 1. The maximum absolute atomic E-state index is 12.9. The van der Waals surface area contributed by atoms with E-state index >= 15 is 0 Å². The highest BCUT2D eigenvalue weighted by Gasteiger charge is 2.11. The minimum atomic E-state index is -0.298. The van der Waals surface area contributed by atoms with Gasteiger partial charge in [-0.25, -0.2) is 4.39 Å². The van der Waals surface area contributed by atoms with E-state index in [-0.39, 0.29) is 18.5 Å². The lowest BCUT2D eigenvalue weighted by atomic mass is 10.1. The number of aliphatic hydroxyl groups is 1. The standard InChI is InChI=1S/C14H12BrClFNO/c15-12-7-11(5-6-13(12)16)18-14(8-19)9-1-3-10(17)4-2-9/h1-7,14,18-19H,8H2/t14-/m0/s1. The first-order valence-electron chi connectivity index (χ1n) is 5.68. The summed E-state index contributed by atoms with van der Waals surface area (Å²) >= 11 is 9.26. The van der Waals surface area contributed by atoms with Crippen molar-refractivity contribution in [1.29, 1.82) is 0 Å². The molecule has 0 heterocycles. The fourth-order valence-electron chi connectivity index (χ4n) is 1.72. The molecule has 0 amide bonds. The molecule has 0 aromatic heterocycles. The zero-order valence-corrected chi connectivity index (χ0v) is 12.2. The van der Waals surface area contributed by atoms with Gasteiger partial charge in [0.25, 0.3) is 0 Å². The van der Waals surface area contributed by atoms with Crippen LogP contribution < -0.4 is 5.32 Å². The van der Waals surface area contributed by atoms with Crippen LogP contribution in [0.5, 0.6) is 0 Å². The second-order valence-corrected chi connectivity index (χ2v) is 5.32. The van der Waals surface area contributed by atoms with Gasteiger partial charge in [0.1, 0.15) is 5.82 Å². The van der Waals surface area contributed by atoms with Crippen molar-refractivity contribution in [3.63, 3.8) is 0 Å². The van der Waals surface area contributed by atoms with Crippen molar-refractivity contribution in [2.24, 2.45) is 0 Å². The maximum atomic E-state index is 12.9. The molecule has 2 aromatic rings. The number of halogens is 3. The Bertz CT molecular complexity index is 562. The minimum absolute atomic E-state index is 0.0914. The Kier molecular flexibility index (Phi) is 4.80. The number of benzene rings is 2. The number of hydrogen-bond acceptors (Lipinski definition) is 2. The molecule has 0 saturated carbocycles. The van der Waals surface area contributed by atoms with Crippen LogP contribution in [0.1, 0.15) is 11.6 Å². The van der Waals surface area contributed by atoms with E-state index in [0.717, 1.165) is 15.7 Å². The molecular formula is C14H12BrClFNO. The summed E-state index contributed by atoms with van der Waals surface area (Å²) in [4.78, 5) is 0. The molecule has 5 heteroatoms. The van der Waals surface area contributed by atoms with Gasteiger partial charge in [-0.1, -0.05) is 23.7 Å². The Morgan fingerprint density at radius 2 is 1.89 bits per heavy atom. The van der Waals surface area contributed by atoms with Gasteiger partial charge in [0, 0.05) is 10.2 Å². The Morgan fingerprint density at radius 3 is 2.47 bits per heavy atom. The van der Waals surface area contributed by atoms with Gasteiger partial charge in [-0.3, -0.25) is 0 Å². The van der Waals surface area contributed by atoms with Gasteiger partial charge >= 0.3 is 0 Å². The van der Waals surface area contributed by atoms with Crippen LogP contribution in [0, 0.1) is 5.82 Å². The largest absolute Gasteiger partial charge is 0.394 e. The SMILES string of the molecule is OC[C@H](Nc1ccc(Cl)c(Br)c1)c1ccc(F)cc1. The molecular weight excluding hydrogens is 333 g/mol. The Morgan fingerprint density at radius 1 is 1.21 bits per heavy atom. The number of anilines is 1. The molecule has 2 N–H and O–H groups in total. The van der Waals surface area contributed by atoms with Crippen molar-refractivity contribution in [2.75, 3.05) is 11.9 Å². The van der Waals surface area contributed by atoms with Crippen molar-refractivity contribution < 1.29 is 9.50 Å². The van der Waals surface area contributed by atoms with Crippen LogP contribution in [0.2, 0.25) is 5.02 Å². The quantitative estimate of drug-likeness (QED) is 0.862. The Labute approximate surface area is 124 Å². The minimum Gasteiger partial charge on any atom is -0.394 e. The molecule has 0 aliphatic rings. The summed E-state index contributed by atoms with van der Waals surface area (Å²) < 4.78 is 13.6. The summed E-state index contributed by atoms with van der Waals surface area (Å²) in [6.45, 7) is -0.0914. The average Bonchev–Trinajstić information content (AvgIpc) is 2.41. The first kappa shape index (κ1) is 14.3. The van der Waals surface area contributed by atoms with E-state index < -0.39 is 0 Å². The fraction of sp³-hybridized carbons (Fsp3) is 0.143. The lowest BCUT2D eigenvalue weighted by Crippen LogP contribution is -2.14. The third kappa shape index (κ3) is 3.69. The Hall–Kier alpha value is -1.10. The topological polar surface area (TPSA) is 32.3 Å². The van der Waals surface area contributed by atoms with E-state index in [1.54, 1.807) is 18.2 Å². The Balaban J connectivity index is 2.18. The summed E-state index contributed by atoms with van der Waals surface area (Å²) in [7, 11) is 0. The molecule has 1 atom stereocenters. The predicted molar refractivity (Wildman–Crippen MR) is 79.0 cm³/mol. The van der Waals surface area contributed by atoms with Gasteiger partial charge in [-0.15, -0.1) is 0 Å². The normalized spacial score (nSPS) is 12.2. The highest BCUT2D eigenvalue weighted by Crippen LogP contribution is 2.27. The smallest absolute Gasteiger partial charge is 0.123 e. The molecule has 0 aliphatic carbocycles.